The van der Waals surface area contributed by atoms with E-state index in [4.69, 9.17) is 22.3 Å². The SMILES string of the molecule is C#CC#CC#CC#CC#CC#CC#CC#CC#CC#CC#CC#COC(=O)NC(C)(C)c1cccc(C(=C)C)c1.C#CC#CC#CC#CC#CC#CC#CC#CC#COC(=O)NC(C)(C)c1cccc(C(=C)C)c1. The van der Waals surface area contributed by atoms with Crippen LogP contribution in [0.3, 0.4) is 0 Å². The number of rotatable bonds is 6. The van der Waals surface area contributed by atoms with Gasteiger partial charge in [0, 0.05) is 130 Å². The number of terminal acetylenes is 2. The van der Waals surface area contributed by atoms with Crippen molar-refractivity contribution < 1.29 is 19.1 Å². The Morgan fingerprint density at radius 1 is 0.392 bits per heavy atom. The summed E-state index contributed by atoms with van der Waals surface area (Å²) in [5, 5.41) is 5.53. The highest BCUT2D eigenvalue weighted by atomic mass is 16.5. The zero-order valence-electron chi connectivity index (χ0n) is 40.8. The van der Waals surface area contributed by atoms with Gasteiger partial charge in [-0.05, 0) is 171 Å². The van der Waals surface area contributed by atoms with Gasteiger partial charge in [-0.3, -0.25) is 0 Å². The maximum Gasteiger partial charge on any atom is 0.421 e. The minimum atomic E-state index is -0.697. The van der Waals surface area contributed by atoms with Gasteiger partial charge in [0.05, 0.1) is 11.1 Å². The molecule has 2 rings (SSSR count). The molecule has 0 aliphatic rings. The molecule has 0 aliphatic heterocycles. The van der Waals surface area contributed by atoms with Crippen LogP contribution < -0.4 is 10.6 Å². The van der Waals surface area contributed by atoms with Gasteiger partial charge < -0.3 is 20.1 Å². The van der Waals surface area contributed by atoms with Crippen molar-refractivity contribution in [3.8, 4) is 250 Å². The van der Waals surface area contributed by atoms with E-state index >= 15 is 0 Å². The number of nitrogens with one attached hydrogen (secondary N) is 2. The van der Waals surface area contributed by atoms with E-state index in [2.05, 4.69) is 261 Å². The van der Waals surface area contributed by atoms with Crippen LogP contribution in [-0.4, -0.2) is 12.2 Å². The lowest BCUT2D eigenvalue weighted by Crippen LogP contribution is -2.40. The summed E-state index contributed by atoms with van der Waals surface area (Å²) in [6.07, 6.45) is 12.9. The van der Waals surface area contributed by atoms with Crippen LogP contribution in [0.15, 0.2) is 61.7 Å². The first-order valence-corrected chi connectivity index (χ1v) is 20.7. The quantitative estimate of drug-likeness (QED) is 0.320. The molecule has 0 spiro atoms. The fourth-order valence-electron chi connectivity index (χ4n) is 4.32. The van der Waals surface area contributed by atoms with Gasteiger partial charge in [-0.15, -0.1) is 12.8 Å². The van der Waals surface area contributed by atoms with Crippen molar-refractivity contribution in [2.45, 2.75) is 52.6 Å². The first-order chi connectivity index (χ1) is 35.7. The third kappa shape index (κ3) is 30.4. The highest BCUT2D eigenvalue weighted by molar-refractivity contribution is 5.71. The van der Waals surface area contributed by atoms with Gasteiger partial charge in [0.15, 0.2) is 0 Å². The van der Waals surface area contributed by atoms with Crippen LogP contribution in [0.4, 0.5) is 9.59 Å². The van der Waals surface area contributed by atoms with Gasteiger partial charge in [-0.2, -0.15) is 0 Å². The molecule has 0 aliphatic carbocycles. The molecular weight excluding hydrogens is 909 g/mol. The van der Waals surface area contributed by atoms with Crippen molar-refractivity contribution in [3.05, 3.63) is 83.9 Å². The molecule has 0 fully saturated rings. The maximum absolute atomic E-state index is 12.1. The first kappa shape index (κ1) is 59.2. The van der Waals surface area contributed by atoms with Crippen LogP contribution in [-0.2, 0) is 20.6 Å². The van der Waals surface area contributed by atoms with Gasteiger partial charge in [-0.1, -0.05) is 60.7 Å². The highest BCUT2D eigenvalue weighted by Crippen LogP contribution is 2.25. The Morgan fingerprint density at radius 2 is 0.608 bits per heavy atom. The Labute approximate surface area is 437 Å². The number of alkyl carbamates (subject to hydrolysis) is 2. The Kier molecular flexibility index (Phi) is 29.9. The Hall–Kier alpha value is -12.8. The molecule has 0 saturated carbocycles. The fraction of sp³-hybridized carbons (Fsp3) is 0.118. The third-order valence-electron chi connectivity index (χ3n) is 7.64. The van der Waals surface area contributed by atoms with Crippen LogP contribution in [0.25, 0.3) is 11.1 Å². The summed E-state index contributed by atoms with van der Waals surface area (Å²) in [5.41, 5.74) is 4.32. The van der Waals surface area contributed by atoms with Crippen molar-refractivity contribution in [3.63, 3.8) is 0 Å². The van der Waals surface area contributed by atoms with Gasteiger partial charge in [0.25, 0.3) is 0 Å². The second kappa shape index (κ2) is 37.3. The van der Waals surface area contributed by atoms with E-state index in [1.165, 1.54) is 0 Å². The topological polar surface area (TPSA) is 76.7 Å². The number of hydrogen-bond acceptors (Lipinski definition) is 4. The zero-order valence-corrected chi connectivity index (χ0v) is 40.8. The second-order valence-electron chi connectivity index (χ2n) is 14.0. The number of hydrogen-bond donors (Lipinski definition) is 2. The molecule has 0 heterocycles. The van der Waals surface area contributed by atoms with E-state index in [0.29, 0.717) is 0 Å². The summed E-state index contributed by atoms with van der Waals surface area (Å²) in [7, 11) is 0. The third-order valence-corrected chi connectivity index (χ3v) is 7.64. The number of carbonyl (C=O) groups is 2. The zero-order chi connectivity index (χ0) is 54.4. The smallest absolute Gasteiger partial charge is 0.355 e. The molecule has 0 aromatic heterocycles. The normalized spacial score (nSPS) is 7.08. The van der Waals surface area contributed by atoms with Crippen molar-refractivity contribution in [2.75, 3.05) is 0 Å². The average molecular weight is 943 g/mol. The summed E-state index contributed by atoms with van der Waals surface area (Å²) < 4.78 is 9.68. The Balaban J connectivity index is 0.000000750. The second-order valence-corrected chi connectivity index (χ2v) is 14.0. The number of benzene rings is 2. The van der Waals surface area contributed by atoms with Crippen molar-refractivity contribution >= 4 is 23.3 Å². The molecule has 2 aromatic carbocycles. The molecule has 340 valence electrons. The van der Waals surface area contributed by atoms with Crippen molar-refractivity contribution in [2.24, 2.45) is 0 Å². The van der Waals surface area contributed by atoms with E-state index in [1.807, 2.05) is 90.1 Å². The summed E-state index contributed by atoms with van der Waals surface area (Å²) in [6, 6.07) is 15.5. The molecule has 6 heteroatoms. The van der Waals surface area contributed by atoms with Crippen LogP contribution in [0.1, 0.15) is 63.8 Å². The molecule has 0 atom stereocenters. The van der Waals surface area contributed by atoms with E-state index in [9.17, 15) is 9.59 Å². The molecule has 0 saturated heterocycles. The molecule has 74 heavy (non-hydrogen) atoms. The summed E-state index contributed by atoms with van der Waals surface area (Å²) >= 11 is 0. The Morgan fingerprint density at radius 3 is 0.824 bits per heavy atom. The van der Waals surface area contributed by atoms with E-state index < -0.39 is 23.3 Å². The van der Waals surface area contributed by atoms with Crippen LogP contribution in [0, 0.1) is 250 Å². The number of ether oxygens (including phenoxy) is 2. The molecule has 2 aromatic rings. The lowest BCUT2D eigenvalue weighted by molar-refractivity contribution is 0.178. The van der Waals surface area contributed by atoms with Gasteiger partial charge >= 0.3 is 12.2 Å². The van der Waals surface area contributed by atoms with E-state index in [0.717, 1.165) is 33.4 Å². The maximum atomic E-state index is 12.1. The molecule has 0 bridgehead atoms. The lowest BCUT2D eigenvalue weighted by atomic mass is 9.92. The summed E-state index contributed by atoms with van der Waals surface area (Å²) in [6.45, 7) is 19.1. The molecule has 0 radical (unpaired) electrons. The lowest BCUT2D eigenvalue weighted by Gasteiger charge is -2.26. The highest BCUT2D eigenvalue weighted by Gasteiger charge is 2.25. The molecule has 6 nitrogen and oxygen atoms in total. The van der Waals surface area contributed by atoms with Crippen molar-refractivity contribution in [1.82, 2.24) is 10.6 Å². The minimum absolute atomic E-state index is 0.668. The van der Waals surface area contributed by atoms with Gasteiger partial charge in [0.2, 0.25) is 0 Å². The van der Waals surface area contributed by atoms with Crippen LogP contribution in [0.2, 0.25) is 0 Å². The van der Waals surface area contributed by atoms with Gasteiger partial charge in [-0.25, -0.2) is 9.59 Å². The van der Waals surface area contributed by atoms with Crippen LogP contribution >= 0.6 is 0 Å². The standard InChI is InChI=1S/C37H17NO2.C31H17NO2/c1-6-7-8-9-10-11-12-13-14-15-16-17-18-19-20-21-22-23-24-25-26-27-31-40-36(39)38-37(4,5)35-30-28-29-34(32-35)33(2)3;1-6-7-8-9-10-11-12-13-14-15-16-17-18-19-20-21-25-34-30(33)32-31(4,5)29-24-22-23-28(26-29)27(2)3/h1,28-30,32H,2H2,3-5H3,(H,38,39);1,22-24,26H,2H2,3-5H3,(H,32,33). The molecular formula is C68H34N2O4. The van der Waals surface area contributed by atoms with Crippen molar-refractivity contribution in [1.29, 1.82) is 0 Å². The first-order valence-electron chi connectivity index (χ1n) is 20.7. The summed E-state index contributed by atoms with van der Waals surface area (Å²) in [4.78, 5) is 24.1. The number of carbonyl (C=O) groups excluding carboxylic acids is 2. The minimum Gasteiger partial charge on any atom is -0.355 e. The predicted octanol–water partition coefficient (Wildman–Crippen LogP) is 6.61. The average Bonchev–Trinajstić information content (AvgIpc) is 3.37. The summed E-state index contributed by atoms with van der Waals surface area (Å²) in [5.74, 6) is 92.7. The van der Waals surface area contributed by atoms with E-state index in [-0.39, 0.29) is 0 Å². The molecule has 0 unspecified atom stereocenters. The molecule has 2 N–H and O–H groups in total. The molecule has 2 amide bonds. The van der Waals surface area contributed by atoms with Gasteiger partial charge in [0.1, 0.15) is 12.2 Å². The largest absolute Gasteiger partial charge is 0.421 e. The number of amides is 2. The van der Waals surface area contributed by atoms with Crippen LogP contribution in [0.5, 0.6) is 0 Å². The monoisotopic (exact) mass is 942 g/mol. The number of allylic oxidation sites excluding steroid dienone is 2. The fourth-order valence-corrected chi connectivity index (χ4v) is 4.32. The van der Waals surface area contributed by atoms with E-state index in [1.54, 1.807) is 0 Å². The predicted molar refractivity (Wildman–Crippen MR) is 293 cm³/mol. The Bertz CT molecular complexity index is 3980.